The van der Waals surface area contributed by atoms with Crippen molar-refractivity contribution < 1.29 is 0 Å². The summed E-state index contributed by atoms with van der Waals surface area (Å²) in [5.41, 5.74) is 0. The van der Waals surface area contributed by atoms with Gasteiger partial charge in [0.2, 0.25) is 0 Å². The molecule has 0 aromatic rings. The average Bonchev–Trinajstić information content (AvgIpc) is 2.70. The van der Waals surface area contributed by atoms with Gasteiger partial charge in [0.1, 0.15) is 0 Å². The molecule has 1 saturated heterocycles. The molecular weight excluding hydrogens is 190 g/mol. The molecule has 1 N–H and O–H groups in total. The lowest BCUT2D eigenvalue weighted by molar-refractivity contribution is 0.363. The van der Waals surface area contributed by atoms with Gasteiger partial charge in [0.15, 0.2) is 0 Å². The molecule has 14 heavy (non-hydrogen) atoms. The van der Waals surface area contributed by atoms with Gasteiger partial charge in [0.25, 0.3) is 0 Å². The third-order valence-electron chi connectivity index (χ3n) is 4.44. The highest BCUT2D eigenvalue weighted by atomic mass is 32.2. The van der Waals surface area contributed by atoms with E-state index in [-0.39, 0.29) is 0 Å². The second kappa shape index (κ2) is 4.05. The number of hydrogen-bond donors (Lipinski definition) is 1. The molecule has 0 radical (unpaired) electrons. The average molecular weight is 211 g/mol. The predicted octanol–water partition coefficient (Wildman–Crippen LogP) is 2.38. The van der Waals surface area contributed by atoms with Gasteiger partial charge in [0, 0.05) is 0 Å². The molecule has 0 aromatic carbocycles. The molecule has 1 heterocycles. The van der Waals surface area contributed by atoms with Crippen LogP contribution < -0.4 is 5.32 Å². The highest BCUT2D eigenvalue weighted by Gasteiger charge is 2.39. The van der Waals surface area contributed by atoms with E-state index >= 15 is 0 Å². The van der Waals surface area contributed by atoms with E-state index in [4.69, 9.17) is 0 Å². The van der Waals surface area contributed by atoms with Gasteiger partial charge in [-0.3, -0.25) is 0 Å². The lowest BCUT2D eigenvalue weighted by Gasteiger charge is -2.28. The van der Waals surface area contributed by atoms with Crippen LogP contribution in [-0.2, 0) is 0 Å². The SMILES string of the molecule is C1CC2CC1CC2CSCC1CNC1. The molecule has 2 saturated carbocycles. The minimum Gasteiger partial charge on any atom is -0.316 e. The van der Waals surface area contributed by atoms with E-state index in [2.05, 4.69) is 17.1 Å². The van der Waals surface area contributed by atoms with Gasteiger partial charge in [-0.25, -0.2) is 0 Å². The van der Waals surface area contributed by atoms with Crippen LogP contribution in [-0.4, -0.2) is 24.6 Å². The minimum atomic E-state index is 0.999. The highest BCUT2D eigenvalue weighted by molar-refractivity contribution is 7.99. The van der Waals surface area contributed by atoms with Crippen LogP contribution in [0.25, 0.3) is 0 Å². The summed E-state index contributed by atoms with van der Waals surface area (Å²) in [4.78, 5) is 0. The van der Waals surface area contributed by atoms with E-state index in [9.17, 15) is 0 Å². The van der Waals surface area contributed by atoms with Gasteiger partial charge in [-0.05, 0) is 67.5 Å². The Kier molecular flexibility index (Phi) is 2.76. The third-order valence-corrected chi connectivity index (χ3v) is 5.81. The van der Waals surface area contributed by atoms with Gasteiger partial charge in [-0.1, -0.05) is 6.42 Å². The maximum absolute atomic E-state index is 3.35. The Balaban J connectivity index is 1.36. The maximum Gasteiger partial charge on any atom is -0.0000326 e. The molecule has 3 rings (SSSR count). The Labute approximate surface area is 91.4 Å². The monoisotopic (exact) mass is 211 g/mol. The molecule has 2 heteroatoms. The fourth-order valence-electron chi connectivity index (χ4n) is 3.43. The Morgan fingerprint density at radius 2 is 2.00 bits per heavy atom. The van der Waals surface area contributed by atoms with Crippen molar-refractivity contribution in [2.45, 2.75) is 25.7 Å². The van der Waals surface area contributed by atoms with E-state index in [0.29, 0.717) is 0 Å². The van der Waals surface area contributed by atoms with Crippen LogP contribution in [0.2, 0.25) is 0 Å². The Bertz CT molecular complexity index is 202. The van der Waals surface area contributed by atoms with Crippen LogP contribution in [0.5, 0.6) is 0 Å². The summed E-state index contributed by atoms with van der Waals surface area (Å²) in [6, 6.07) is 0. The molecule has 3 atom stereocenters. The molecule has 1 aliphatic heterocycles. The highest BCUT2D eigenvalue weighted by Crippen LogP contribution is 2.49. The molecule has 0 amide bonds. The van der Waals surface area contributed by atoms with Crippen molar-refractivity contribution in [2.75, 3.05) is 24.6 Å². The number of fused-ring (bicyclic) bond motifs is 2. The molecular formula is C12H21NS. The summed E-state index contributed by atoms with van der Waals surface area (Å²) >= 11 is 2.23. The van der Waals surface area contributed by atoms with Gasteiger partial charge < -0.3 is 5.32 Å². The summed E-state index contributed by atoms with van der Waals surface area (Å²) in [6.45, 7) is 2.56. The van der Waals surface area contributed by atoms with Crippen molar-refractivity contribution >= 4 is 11.8 Å². The molecule has 0 aromatic heterocycles. The lowest BCUT2D eigenvalue weighted by Crippen LogP contribution is -2.43. The van der Waals surface area contributed by atoms with Crippen molar-refractivity contribution in [3.8, 4) is 0 Å². The molecule has 2 aliphatic carbocycles. The molecule has 0 spiro atoms. The lowest BCUT2D eigenvalue weighted by atomic mass is 9.90. The standard InChI is InChI=1S/C12H21NS/c1-2-11-3-9(1)4-12(11)8-14-7-10-5-13-6-10/h9-13H,1-8H2. The van der Waals surface area contributed by atoms with Gasteiger partial charge >= 0.3 is 0 Å². The number of nitrogens with one attached hydrogen (secondary N) is 1. The van der Waals surface area contributed by atoms with Crippen molar-refractivity contribution in [1.29, 1.82) is 0 Å². The second-order valence-electron chi connectivity index (χ2n) is 5.50. The fraction of sp³-hybridized carbons (Fsp3) is 1.00. The maximum atomic E-state index is 3.35. The Morgan fingerprint density at radius 3 is 2.57 bits per heavy atom. The quantitative estimate of drug-likeness (QED) is 0.766. The summed E-state index contributed by atoms with van der Waals surface area (Å²) in [7, 11) is 0. The van der Waals surface area contributed by atoms with Crippen LogP contribution in [0.15, 0.2) is 0 Å². The molecule has 80 valence electrons. The molecule has 3 unspecified atom stereocenters. The van der Waals surface area contributed by atoms with E-state index in [0.717, 1.165) is 23.7 Å². The van der Waals surface area contributed by atoms with Gasteiger partial charge in [0.05, 0.1) is 0 Å². The van der Waals surface area contributed by atoms with E-state index in [1.165, 1.54) is 24.6 Å². The van der Waals surface area contributed by atoms with E-state index < -0.39 is 0 Å². The smallest absolute Gasteiger partial charge is 0.0000326 e. The Hall–Kier alpha value is 0.310. The van der Waals surface area contributed by atoms with Crippen molar-refractivity contribution in [1.82, 2.24) is 5.32 Å². The van der Waals surface area contributed by atoms with Gasteiger partial charge in [-0.2, -0.15) is 11.8 Å². The minimum absolute atomic E-state index is 0.999. The zero-order chi connectivity index (χ0) is 9.38. The van der Waals surface area contributed by atoms with Crippen LogP contribution in [0.3, 0.4) is 0 Å². The van der Waals surface area contributed by atoms with Gasteiger partial charge in [-0.15, -0.1) is 0 Å². The third kappa shape index (κ3) is 1.83. The summed E-state index contributed by atoms with van der Waals surface area (Å²) in [5, 5.41) is 3.35. The zero-order valence-electron chi connectivity index (χ0n) is 8.87. The van der Waals surface area contributed by atoms with Crippen LogP contribution in [0.4, 0.5) is 0 Å². The summed E-state index contributed by atoms with van der Waals surface area (Å²) in [6.07, 6.45) is 6.26. The van der Waals surface area contributed by atoms with E-state index in [1.807, 2.05) is 0 Å². The predicted molar refractivity (Wildman–Crippen MR) is 62.6 cm³/mol. The molecule has 2 bridgehead atoms. The molecule has 3 fully saturated rings. The van der Waals surface area contributed by atoms with Crippen LogP contribution >= 0.6 is 11.8 Å². The first-order valence-corrected chi connectivity index (χ1v) is 7.35. The summed E-state index contributed by atoms with van der Waals surface area (Å²) < 4.78 is 0. The van der Waals surface area contributed by atoms with Crippen LogP contribution in [0.1, 0.15) is 25.7 Å². The number of hydrogen-bond acceptors (Lipinski definition) is 2. The van der Waals surface area contributed by atoms with Crippen LogP contribution in [0, 0.1) is 23.7 Å². The second-order valence-corrected chi connectivity index (χ2v) is 6.57. The first-order chi connectivity index (χ1) is 6.92. The van der Waals surface area contributed by atoms with Crippen molar-refractivity contribution in [2.24, 2.45) is 23.7 Å². The summed E-state index contributed by atoms with van der Waals surface area (Å²) in [5.74, 6) is 7.26. The molecule has 3 aliphatic rings. The number of thioether (sulfide) groups is 1. The topological polar surface area (TPSA) is 12.0 Å². The van der Waals surface area contributed by atoms with Crippen molar-refractivity contribution in [3.05, 3.63) is 0 Å². The zero-order valence-corrected chi connectivity index (χ0v) is 9.69. The molecule has 1 nitrogen and oxygen atoms in total. The van der Waals surface area contributed by atoms with Crippen molar-refractivity contribution in [3.63, 3.8) is 0 Å². The largest absolute Gasteiger partial charge is 0.316 e. The normalized spacial score (nSPS) is 41.6. The first kappa shape index (κ1) is 9.53. The van der Waals surface area contributed by atoms with E-state index in [1.54, 1.807) is 25.7 Å². The number of rotatable bonds is 4. The first-order valence-electron chi connectivity index (χ1n) is 6.20. The fourth-order valence-corrected chi connectivity index (χ4v) is 4.85. The Morgan fingerprint density at radius 1 is 1.07 bits per heavy atom.